The first-order valence-electron chi connectivity index (χ1n) is 9.90. The standard InChI is InChI=1S/C20H32F3N5O.HI/c1-15(2)17(28-11-9-27(4)10-12-28)14-26-19(24-3)25-13-16-7-5-6-8-18(16)29-20(21,22)23;/h5-8,15,17H,9-14H2,1-4H3,(H2,24,25,26);1H. The highest BCUT2D eigenvalue weighted by Crippen LogP contribution is 2.26. The van der Waals surface area contributed by atoms with Crippen molar-refractivity contribution < 1.29 is 17.9 Å². The number of alkyl halides is 3. The van der Waals surface area contributed by atoms with E-state index in [0.29, 0.717) is 30.0 Å². The average Bonchev–Trinajstić information content (AvgIpc) is 2.65. The van der Waals surface area contributed by atoms with Crippen molar-refractivity contribution in [2.45, 2.75) is 32.8 Å². The van der Waals surface area contributed by atoms with Crippen LogP contribution in [0.15, 0.2) is 29.3 Å². The van der Waals surface area contributed by atoms with Crippen LogP contribution in [-0.4, -0.2) is 75.0 Å². The van der Waals surface area contributed by atoms with Crippen molar-refractivity contribution in [1.82, 2.24) is 20.4 Å². The summed E-state index contributed by atoms with van der Waals surface area (Å²) < 4.78 is 41.9. The summed E-state index contributed by atoms with van der Waals surface area (Å²) in [6.07, 6.45) is -4.72. The van der Waals surface area contributed by atoms with Gasteiger partial charge in [0.05, 0.1) is 0 Å². The second-order valence-electron chi connectivity index (χ2n) is 7.61. The van der Waals surface area contributed by atoms with E-state index >= 15 is 0 Å². The van der Waals surface area contributed by atoms with Crippen LogP contribution >= 0.6 is 24.0 Å². The first kappa shape index (κ1) is 26.8. The van der Waals surface area contributed by atoms with Crippen LogP contribution in [0.1, 0.15) is 19.4 Å². The summed E-state index contributed by atoms with van der Waals surface area (Å²) in [5.74, 6) is 0.803. The summed E-state index contributed by atoms with van der Waals surface area (Å²) in [6, 6.07) is 6.45. The molecule has 0 aliphatic carbocycles. The Labute approximate surface area is 194 Å². The lowest BCUT2D eigenvalue weighted by Crippen LogP contribution is -2.55. The van der Waals surface area contributed by atoms with E-state index in [2.05, 4.69) is 51.1 Å². The smallest absolute Gasteiger partial charge is 0.405 e. The van der Waals surface area contributed by atoms with Crippen LogP contribution < -0.4 is 15.4 Å². The molecule has 10 heteroatoms. The Balaban J connectivity index is 0.00000450. The molecule has 0 radical (unpaired) electrons. The lowest BCUT2D eigenvalue weighted by atomic mass is 10.0. The number of aliphatic imine (C=N–C) groups is 1. The Hall–Kier alpha value is -1.27. The van der Waals surface area contributed by atoms with Gasteiger partial charge in [-0.3, -0.25) is 9.89 Å². The predicted octanol–water partition coefficient (Wildman–Crippen LogP) is 3.14. The van der Waals surface area contributed by atoms with Gasteiger partial charge < -0.3 is 20.3 Å². The van der Waals surface area contributed by atoms with E-state index in [0.717, 1.165) is 26.2 Å². The molecule has 2 rings (SSSR count). The fraction of sp³-hybridized carbons (Fsp3) is 0.650. The van der Waals surface area contributed by atoms with Gasteiger partial charge in [-0.25, -0.2) is 0 Å². The maximum absolute atomic E-state index is 12.6. The van der Waals surface area contributed by atoms with Crippen LogP contribution in [0.3, 0.4) is 0 Å². The molecule has 1 unspecified atom stereocenters. The van der Waals surface area contributed by atoms with Gasteiger partial charge in [0.15, 0.2) is 5.96 Å². The highest BCUT2D eigenvalue weighted by atomic mass is 127. The van der Waals surface area contributed by atoms with Crippen molar-refractivity contribution in [3.63, 3.8) is 0 Å². The molecule has 1 aliphatic heterocycles. The highest BCUT2D eigenvalue weighted by molar-refractivity contribution is 14.0. The largest absolute Gasteiger partial charge is 0.573 e. The molecule has 6 nitrogen and oxygen atoms in total. The number of rotatable bonds is 7. The summed E-state index contributed by atoms with van der Waals surface area (Å²) in [6.45, 7) is 9.43. The SMILES string of the molecule is CN=C(NCc1ccccc1OC(F)(F)F)NCC(C(C)C)N1CCN(C)CC1.I. The number of para-hydroxylation sites is 1. The van der Waals surface area contributed by atoms with Gasteiger partial charge in [-0.05, 0) is 19.0 Å². The Morgan fingerprint density at radius 2 is 1.77 bits per heavy atom. The van der Waals surface area contributed by atoms with Crippen molar-refractivity contribution in [3.8, 4) is 5.75 Å². The number of hydrogen-bond acceptors (Lipinski definition) is 4. The van der Waals surface area contributed by atoms with Crippen molar-refractivity contribution in [3.05, 3.63) is 29.8 Å². The van der Waals surface area contributed by atoms with Crippen LogP contribution in [0.25, 0.3) is 0 Å². The summed E-state index contributed by atoms with van der Waals surface area (Å²) in [7, 11) is 3.78. The summed E-state index contributed by atoms with van der Waals surface area (Å²) in [4.78, 5) is 9.01. The summed E-state index contributed by atoms with van der Waals surface area (Å²) in [5, 5.41) is 6.40. The minimum absolute atomic E-state index is 0. The molecule has 0 spiro atoms. The number of likely N-dealkylation sites (N-methyl/N-ethyl adjacent to an activating group) is 1. The molecular formula is C20H33F3IN5O. The molecule has 1 heterocycles. The minimum atomic E-state index is -4.72. The molecule has 0 saturated carbocycles. The highest BCUT2D eigenvalue weighted by Gasteiger charge is 2.32. The van der Waals surface area contributed by atoms with Crippen LogP contribution in [-0.2, 0) is 6.54 Å². The molecule has 0 amide bonds. The van der Waals surface area contributed by atoms with E-state index in [1.807, 2.05) is 0 Å². The lowest BCUT2D eigenvalue weighted by Gasteiger charge is -2.40. The average molecular weight is 543 g/mol. The minimum Gasteiger partial charge on any atom is -0.405 e. The van der Waals surface area contributed by atoms with Crippen molar-refractivity contribution in [2.75, 3.05) is 46.8 Å². The van der Waals surface area contributed by atoms with E-state index in [1.54, 1.807) is 19.2 Å². The number of halogens is 4. The Morgan fingerprint density at radius 1 is 1.13 bits per heavy atom. The molecule has 1 atom stereocenters. The quantitative estimate of drug-likeness (QED) is 0.315. The van der Waals surface area contributed by atoms with Gasteiger partial charge in [-0.2, -0.15) is 0 Å². The Bertz CT molecular complexity index is 664. The molecule has 1 aromatic rings. The van der Waals surface area contributed by atoms with Crippen LogP contribution in [0.5, 0.6) is 5.75 Å². The van der Waals surface area contributed by atoms with Gasteiger partial charge in [0, 0.05) is 57.9 Å². The van der Waals surface area contributed by atoms with E-state index in [9.17, 15) is 13.2 Å². The number of benzene rings is 1. The van der Waals surface area contributed by atoms with Crippen LogP contribution in [0.4, 0.5) is 13.2 Å². The first-order chi connectivity index (χ1) is 13.7. The third kappa shape index (κ3) is 8.84. The van der Waals surface area contributed by atoms with Gasteiger partial charge >= 0.3 is 6.36 Å². The third-order valence-electron chi connectivity index (χ3n) is 5.12. The van der Waals surface area contributed by atoms with E-state index in [1.165, 1.54) is 12.1 Å². The number of hydrogen-bond donors (Lipinski definition) is 2. The molecule has 0 bridgehead atoms. The first-order valence-corrected chi connectivity index (χ1v) is 9.90. The van der Waals surface area contributed by atoms with Crippen molar-refractivity contribution in [2.24, 2.45) is 10.9 Å². The van der Waals surface area contributed by atoms with Gasteiger partial charge in [0.1, 0.15) is 5.75 Å². The molecular weight excluding hydrogens is 510 g/mol. The van der Waals surface area contributed by atoms with E-state index in [4.69, 9.17) is 0 Å². The topological polar surface area (TPSA) is 52.1 Å². The Kier molecular flexibility index (Phi) is 11.2. The number of piperazine rings is 1. The molecule has 0 aromatic heterocycles. The molecule has 30 heavy (non-hydrogen) atoms. The van der Waals surface area contributed by atoms with Crippen molar-refractivity contribution >= 4 is 29.9 Å². The normalized spacial score (nSPS) is 17.4. The molecule has 1 fully saturated rings. The molecule has 1 aromatic carbocycles. The summed E-state index contributed by atoms with van der Waals surface area (Å²) in [5.41, 5.74) is 0.409. The Morgan fingerprint density at radius 3 is 2.33 bits per heavy atom. The van der Waals surface area contributed by atoms with Gasteiger partial charge in [0.2, 0.25) is 0 Å². The molecule has 2 N–H and O–H groups in total. The maximum Gasteiger partial charge on any atom is 0.573 e. The number of guanidine groups is 1. The second kappa shape index (κ2) is 12.6. The second-order valence-corrected chi connectivity index (χ2v) is 7.61. The number of nitrogens with zero attached hydrogens (tertiary/aromatic N) is 3. The lowest BCUT2D eigenvalue weighted by molar-refractivity contribution is -0.274. The number of ether oxygens (including phenoxy) is 1. The van der Waals surface area contributed by atoms with Gasteiger partial charge in [0.25, 0.3) is 0 Å². The molecule has 172 valence electrons. The van der Waals surface area contributed by atoms with Crippen LogP contribution in [0, 0.1) is 5.92 Å². The fourth-order valence-electron chi connectivity index (χ4n) is 3.41. The van der Waals surface area contributed by atoms with E-state index in [-0.39, 0.29) is 36.3 Å². The fourth-order valence-corrected chi connectivity index (χ4v) is 3.41. The van der Waals surface area contributed by atoms with E-state index < -0.39 is 6.36 Å². The van der Waals surface area contributed by atoms with Crippen LogP contribution in [0.2, 0.25) is 0 Å². The van der Waals surface area contributed by atoms with Gasteiger partial charge in [-0.1, -0.05) is 32.0 Å². The molecule has 1 aliphatic rings. The zero-order valence-corrected chi connectivity index (χ0v) is 20.3. The van der Waals surface area contributed by atoms with Crippen molar-refractivity contribution in [1.29, 1.82) is 0 Å². The third-order valence-corrected chi connectivity index (χ3v) is 5.12. The summed E-state index contributed by atoms with van der Waals surface area (Å²) >= 11 is 0. The predicted molar refractivity (Wildman–Crippen MR) is 124 cm³/mol. The van der Waals surface area contributed by atoms with Gasteiger partial charge in [-0.15, -0.1) is 37.1 Å². The maximum atomic E-state index is 12.6. The zero-order chi connectivity index (χ0) is 21.4. The molecule has 1 saturated heterocycles. The zero-order valence-electron chi connectivity index (χ0n) is 18.0. The number of nitrogens with one attached hydrogen (secondary N) is 2. The monoisotopic (exact) mass is 543 g/mol.